The molecular formula is C14H10O3. The molecule has 0 spiro atoms. The second-order valence-electron chi connectivity index (χ2n) is 3.58. The van der Waals surface area contributed by atoms with E-state index < -0.39 is 0 Å². The zero-order valence-electron chi connectivity index (χ0n) is 8.96. The van der Waals surface area contributed by atoms with E-state index >= 15 is 0 Å². The lowest BCUT2D eigenvalue weighted by Gasteiger charge is -2.04. The Balaban J connectivity index is 2.47. The molecule has 2 aromatic rings. The van der Waals surface area contributed by atoms with E-state index in [1.165, 1.54) is 12.1 Å². The van der Waals surface area contributed by atoms with Gasteiger partial charge in [0, 0.05) is 16.7 Å². The van der Waals surface area contributed by atoms with Gasteiger partial charge in [0.25, 0.3) is 0 Å². The molecule has 0 heterocycles. The largest absolute Gasteiger partial charge is 0.508 e. The Kier molecular flexibility index (Phi) is 3.01. The smallest absolute Gasteiger partial charge is 0.193 e. The quantitative estimate of drug-likeness (QED) is 0.646. The minimum absolute atomic E-state index is 0.0273. The highest BCUT2D eigenvalue weighted by molar-refractivity contribution is 6.12. The predicted molar refractivity (Wildman–Crippen MR) is 63.4 cm³/mol. The van der Waals surface area contributed by atoms with Crippen molar-refractivity contribution in [1.29, 1.82) is 0 Å². The number of hydrogen-bond donors (Lipinski definition) is 1. The lowest BCUT2D eigenvalue weighted by Crippen LogP contribution is -2.04. The van der Waals surface area contributed by atoms with Crippen molar-refractivity contribution in [1.82, 2.24) is 0 Å². The first-order valence-electron chi connectivity index (χ1n) is 5.10. The van der Waals surface area contributed by atoms with E-state index in [9.17, 15) is 14.7 Å². The topological polar surface area (TPSA) is 54.4 Å². The first-order valence-corrected chi connectivity index (χ1v) is 5.10. The molecule has 0 amide bonds. The van der Waals surface area contributed by atoms with E-state index in [1.54, 1.807) is 36.4 Å². The summed E-state index contributed by atoms with van der Waals surface area (Å²) in [6.07, 6.45) is 0.649. The Morgan fingerprint density at radius 3 is 2.53 bits per heavy atom. The van der Waals surface area contributed by atoms with Crippen LogP contribution in [-0.4, -0.2) is 17.2 Å². The zero-order chi connectivity index (χ0) is 12.3. The molecule has 2 aromatic carbocycles. The Morgan fingerprint density at radius 1 is 1.06 bits per heavy atom. The van der Waals surface area contributed by atoms with Gasteiger partial charge in [-0.3, -0.25) is 9.59 Å². The zero-order valence-corrected chi connectivity index (χ0v) is 8.96. The third-order valence-electron chi connectivity index (χ3n) is 2.44. The van der Waals surface area contributed by atoms with E-state index in [1.807, 2.05) is 0 Å². The summed E-state index contributed by atoms with van der Waals surface area (Å²) in [5.41, 5.74) is 1.05. The molecule has 0 atom stereocenters. The lowest BCUT2D eigenvalue weighted by molar-refractivity contribution is 0.102. The molecule has 0 saturated heterocycles. The molecule has 0 unspecified atom stereocenters. The average Bonchev–Trinajstić information content (AvgIpc) is 2.38. The normalized spacial score (nSPS) is 9.88. The molecule has 1 N–H and O–H groups in total. The van der Waals surface area contributed by atoms with Gasteiger partial charge in [0.2, 0.25) is 0 Å². The fraction of sp³-hybridized carbons (Fsp3) is 0. The predicted octanol–water partition coefficient (Wildman–Crippen LogP) is 2.44. The number of rotatable bonds is 3. The lowest BCUT2D eigenvalue weighted by atomic mass is 9.99. The number of ketones is 1. The molecule has 3 nitrogen and oxygen atoms in total. The van der Waals surface area contributed by atoms with Gasteiger partial charge in [0.1, 0.15) is 5.75 Å². The highest BCUT2D eigenvalue weighted by Crippen LogP contribution is 2.17. The monoisotopic (exact) mass is 226 g/mol. The summed E-state index contributed by atoms with van der Waals surface area (Å²) < 4.78 is 0. The van der Waals surface area contributed by atoms with Gasteiger partial charge >= 0.3 is 0 Å². The van der Waals surface area contributed by atoms with Crippen LogP contribution in [0.1, 0.15) is 26.3 Å². The van der Waals surface area contributed by atoms with Crippen LogP contribution < -0.4 is 0 Å². The molecule has 84 valence electrons. The van der Waals surface area contributed by atoms with Crippen molar-refractivity contribution in [2.45, 2.75) is 0 Å². The summed E-state index contributed by atoms with van der Waals surface area (Å²) in [5.74, 6) is -0.247. The maximum Gasteiger partial charge on any atom is 0.193 e. The molecule has 17 heavy (non-hydrogen) atoms. The standard InChI is InChI=1S/C14H10O3/c15-9-11-4-1-2-7-13(11)14(17)10-5-3-6-12(16)8-10/h1-9,16H. The average molecular weight is 226 g/mol. The van der Waals surface area contributed by atoms with Crippen LogP contribution in [0.5, 0.6) is 5.75 Å². The molecule has 0 aromatic heterocycles. The molecule has 0 fully saturated rings. The Labute approximate surface area is 98.3 Å². The fourth-order valence-electron chi connectivity index (χ4n) is 1.61. The van der Waals surface area contributed by atoms with Crippen LogP contribution in [0.4, 0.5) is 0 Å². The van der Waals surface area contributed by atoms with Crippen LogP contribution in [0.15, 0.2) is 48.5 Å². The van der Waals surface area contributed by atoms with Crippen molar-refractivity contribution in [2.75, 3.05) is 0 Å². The Bertz CT molecular complexity index is 573. The van der Waals surface area contributed by atoms with E-state index in [0.29, 0.717) is 23.0 Å². The molecule has 2 rings (SSSR count). The third-order valence-corrected chi connectivity index (χ3v) is 2.44. The van der Waals surface area contributed by atoms with Gasteiger partial charge in [0.15, 0.2) is 12.1 Å². The van der Waals surface area contributed by atoms with Gasteiger partial charge in [-0.25, -0.2) is 0 Å². The van der Waals surface area contributed by atoms with Crippen LogP contribution in [0.2, 0.25) is 0 Å². The number of carbonyl (C=O) groups excluding carboxylic acids is 2. The molecule has 0 bridgehead atoms. The number of hydrogen-bond acceptors (Lipinski definition) is 3. The second-order valence-corrected chi connectivity index (χ2v) is 3.58. The van der Waals surface area contributed by atoms with Crippen molar-refractivity contribution >= 4 is 12.1 Å². The van der Waals surface area contributed by atoms with Gasteiger partial charge in [-0.2, -0.15) is 0 Å². The number of phenolic OH excluding ortho intramolecular Hbond substituents is 1. The molecule has 0 aliphatic rings. The van der Waals surface area contributed by atoms with Crippen molar-refractivity contribution in [3.8, 4) is 5.75 Å². The highest BCUT2D eigenvalue weighted by Gasteiger charge is 2.12. The van der Waals surface area contributed by atoms with Gasteiger partial charge < -0.3 is 5.11 Å². The van der Waals surface area contributed by atoms with Crippen LogP contribution in [0.3, 0.4) is 0 Å². The SMILES string of the molecule is O=Cc1ccccc1C(=O)c1cccc(O)c1. The maximum atomic E-state index is 12.1. The van der Waals surface area contributed by atoms with Gasteiger partial charge in [-0.15, -0.1) is 0 Å². The Morgan fingerprint density at radius 2 is 1.82 bits per heavy atom. The number of phenols is 1. The van der Waals surface area contributed by atoms with E-state index in [4.69, 9.17) is 0 Å². The summed E-state index contributed by atoms with van der Waals surface area (Å²) in [6.45, 7) is 0. The third kappa shape index (κ3) is 2.23. The molecule has 0 radical (unpaired) electrons. The second kappa shape index (κ2) is 4.61. The molecule has 0 aliphatic heterocycles. The van der Waals surface area contributed by atoms with Crippen LogP contribution >= 0.6 is 0 Å². The van der Waals surface area contributed by atoms with Crippen LogP contribution in [0.25, 0.3) is 0 Å². The number of aromatic hydroxyl groups is 1. The summed E-state index contributed by atoms with van der Waals surface area (Å²) in [5, 5.41) is 9.31. The van der Waals surface area contributed by atoms with Gasteiger partial charge in [0.05, 0.1) is 0 Å². The molecule has 0 saturated carbocycles. The summed E-state index contributed by atoms with van der Waals surface area (Å²) in [7, 11) is 0. The van der Waals surface area contributed by atoms with E-state index in [-0.39, 0.29) is 11.5 Å². The molecule has 0 aliphatic carbocycles. The van der Waals surface area contributed by atoms with Gasteiger partial charge in [-0.1, -0.05) is 36.4 Å². The molecule has 3 heteroatoms. The van der Waals surface area contributed by atoms with Crippen LogP contribution in [-0.2, 0) is 0 Å². The minimum atomic E-state index is -0.274. The number of aldehydes is 1. The fourth-order valence-corrected chi connectivity index (χ4v) is 1.61. The van der Waals surface area contributed by atoms with Crippen molar-refractivity contribution in [2.24, 2.45) is 0 Å². The first kappa shape index (κ1) is 11.1. The number of carbonyl (C=O) groups is 2. The summed E-state index contributed by atoms with van der Waals surface area (Å²) in [4.78, 5) is 22.9. The first-order chi connectivity index (χ1) is 8.22. The van der Waals surface area contributed by atoms with E-state index in [2.05, 4.69) is 0 Å². The molecular weight excluding hydrogens is 216 g/mol. The Hall–Kier alpha value is -2.42. The van der Waals surface area contributed by atoms with Crippen molar-refractivity contribution < 1.29 is 14.7 Å². The van der Waals surface area contributed by atoms with Crippen molar-refractivity contribution in [3.05, 3.63) is 65.2 Å². The van der Waals surface area contributed by atoms with Gasteiger partial charge in [-0.05, 0) is 12.1 Å². The number of benzene rings is 2. The minimum Gasteiger partial charge on any atom is -0.508 e. The highest BCUT2D eigenvalue weighted by atomic mass is 16.3. The van der Waals surface area contributed by atoms with Crippen molar-refractivity contribution in [3.63, 3.8) is 0 Å². The van der Waals surface area contributed by atoms with E-state index in [0.717, 1.165) is 0 Å². The summed E-state index contributed by atoms with van der Waals surface area (Å²) >= 11 is 0. The summed E-state index contributed by atoms with van der Waals surface area (Å²) in [6, 6.07) is 12.6. The maximum absolute atomic E-state index is 12.1. The van der Waals surface area contributed by atoms with Crippen LogP contribution in [0, 0.1) is 0 Å².